The Balaban J connectivity index is 1.49. The number of hydrogen-bond donors (Lipinski definition) is 2. The Kier molecular flexibility index (Phi) is 7.42. The molecule has 0 spiro atoms. The summed E-state index contributed by atoms with van der Waals surface area (Å²) in [6.45, 7) is -0.716. The van der Waals surface area contributed by atoms with Gasteiger partial charge in [0.05, 0.1) is 24.6 Å². The number of hydrogen-bond acceptors (Lipinski definition) is 6. The van der Waals surface area contributed by atoms with Gasteiger partial charge in [0.1, 0.15) is 19.0 Å². The van der Waals surface area contributed by atoms with Crippen LogP contribution in [0.1, 0.15) is 10.4 Å². The van der Waals surface area contributed by atoms with Crippen LogP contribution in [0, 0.1) is 0 Å². The molecule has 160 valence electrons. The molecule has 2 amide bonds. The van der Waals surface area contributed by atoms with Crippen LogP contribution in [-0.4, -0.2) is 38.1 Å². The minimum Gasteiger partial charge on any atom is -0.465 e. The molecule has 0 saturated carbocycles. The maximum absolute atomic E-state index is 12.1. The monoisotopic (exact) mass is 442 g/mol. The largest absolute Gasteiger partial charge is 0.465 e. The van der Waals surface area contributed by atoms with Crippen LogP contribution in [0.15, 0.2) is 65.3 Å². The Bertz CT molecular complexity index is 1080. The molecule has 1 aromatic heterocycles. The van der Waals surface area contributed by atoms with Crippen molar-refractivity contribution < 1.29 is 28.3 Å². The highest BCUT2D eigenvalue weighted by Gasteiger charge is 2.15. The van der Waals surface area contributed by atoms with Crippen molar-refractivity contribution in [1.82, 2.24) is 0 Å². The molecule has 0 unspecified atom stereocenters. The molecule has 1 heterocycles. The summed E-state index contributed by atoms with van der Waals surface area (Å²) in [5, 5.41) is 5.55. The Morgan fingerprint density at radius 3 is 2.45 bits per heavy atom. The smallest absolute Gasteiger partial charge is 0.340 e. The maximum atomic E-state index is 12.1. The number of nitrogens with one attached hydrogen (secondary N) is 2. The minimum absolute atomic E-state index is 0.109. The van der Waals surface area contributed by atoms with Gasteiger partial charge in [0.25, 0.3) is 0 Å². The van der Waals surface area contributed by atoms with Crippen molar-refractivity contribution in [1.29, 1.82) is 0 Å². The highest BCUT2D eigenvalue weighted by molar-refractivity contribution is 6.31. The molecule has 0 radical (unpaired) electrons. The molecule has 2 N–H and O–H groups in total. The molecule has 9 heteroatoms. The first-order valence-corrected chi connectivity index (χ1v) is 9.53. The van der Waals surface area contributed by atoms with Gasteiger partial charge in [-0.3, -0.25) is 9.59 Å². The first-order chi connectivity index (χ1) is 15.0. The summed E-state index contributed by atoms with van der Waals surface area (Å²) in [6, 6.07) is 15.1. The minimum atomic E-state index is -0.644. The quantitative estimate of drug-likeness (QED) is 0.511. The third kappa shape index (κ3) is 6.18. The fourth-order valence-corrected chi connectivity index (χ4v) is 2.89. The number of carbonyl (C=O) groups excluding carboxylic acids is 3. The van der Waals surface area contributed by atoms with Gasteiger partial charge < -0.3 is 24.5 Å². The third-order valence-corrected chi connectivity index (χ3v) is 4.31. The van der Waals surface area contributed by atoms with Crippen LogP contribution in [-0.2, 0) is 19.1 Å². The van der Waals surface area contributed by atoms with Crippen molar-refractivity contribution in [2.75, 3.05) is 31.0 Å². The number of halogens is 1. The van der Waals surface area contributed by atoms with E-state index in [9.17, 15) is 14.4 Å². The van der Waals surface area contributed by atoms with Crippen LogP contribution < -0.4 is 10.6 Å². The molecule has 31 heavy (non-hydrogen) atoms. The van der Waals surface area contributed by atoms with Gasteiger partial charge in [-0.1, -0.05) is 23.7 Å². The predicted molar refractivity (Wildman–Crippen MR) is 115 cm³/mol. The SMILES string of the molecule is COC(=O)c1cc(Cl)ccc1NC(=O)COCC(=O)Nc1cccc(-c2ccco2)c1. The fraction of sp³-hybridized carbons (Fsp3) is 0.136. The molecule has 0 aliphatic heterocycles. The molecule has 0 fully saturated rings. The van der Waals surface area contributed by atoms with Crippen molar-refractivity contribution in [3.63, 3.8) is 0 Å². The summed E-state index contributed by atoms with van der Waals surface area (Å²) in [6.07, 6.45) is 1.57. The standard InChI is InChI=1S/C22H19ClN2O6/c1-29-22(28)17-11-15(23)7-8-18(17)25-21(27)13-30-12-20(26)24-16-5-2-4-14(10-16)19-6-3-9-31-19/h2-11H,12-13H2,1H3,(H,24,26)(H,25,27). The van der Waals surface area contributed by atoms with Gasteiger partial charge in [0.2, 0.25) is 11.8 Å². The second kappa shape index (κ2) is 10.4. The van der Waals surface area contributed by atoms with Gasteiger partial charge in [0, 0.05) is 16.3 Å². The van der Waals surface area contributed by atoms with E-state index in [-0.39, 0.29) is 24.5 Å². The highest BCUT2D eigenvalue weighted by Crippen LogP contribution is 2.23. The topological polar surface area (TPSA) is 107 Å². The molecule has 0 atom stereocenters. The average molecular weight is 443 g/mol. The van der Waals surface area contributed by atoms with Crippen LogP contribution in [0.4, 0.5) is 11.4 Å². The second-order valence-electron chi connectivity index (χ2n) is 6.33. The number of methoxy groups -OCH3 is 1. The molecule has 3 rings (SSSR count). The number of rotatable bonds is 8. The van der Waals surface area contributed by atoms with Gasteiger partial charge in [-0.2, -0.15) is 0 Å². The zero-order chi connectivity index (χ0) is 22.2. The van der Waals surface area contributed by atoms with Crippen LogP contribution >= 0.6 is 11.6 Å². The van der Waals surface area contributed by atoms with Gasteiger partial charge in [-0.15, -0.1) is 0 Å². The van der Waals surface area contributed by atoms with Crippen LogP contribution in [0.5, 0.6) is 0 Å². The predicted octanol–water partition coefficient (Wildman–Crippen LogP) is 3.98. The molecule has 8 nitrogen and oxygen atoms in total. The van der Waals surface area contributed by atoms with Gasteiger partial charge in [-0.25, -0.2) is 4.79 Å². The number of furan rings is 1. The van der Waals surface area contributed by atoms with E-state index < -0.39 is 17.8 Å². The lowest BCUT2D eigenvalue weighted by Crippen LogP contribution is -2.24. The number of ether oxygens (including phenoxy) is 2. The lowest BCUT2D eigenvalue weighted by molar-refractivity contribution is -0.125. The van der Waals surface area contributed by atoms with Crippen LogP contribution in [0.2, 0.25) is 5.02 Å². The number of esters is 1. The zero-order valence-electron chi connectivity index (χ0n) is 16.5. The van der Waals surface area contributed by atoms with Crippen molar-refractivity contribution in [3.05, 3.63) is 71.4 Å². The maximum Gasteiger partial charge on any atom is 0.340 e. The van der Waals surface area contributed by atoms with Crippen LogP contribution in [0.3, 0.4) is 0 Å². The second-order valence-corrected chi connectivity index (χ2v) is 6.77. The number of carbonyl (C=O) groups is 3. The van der Waals surface area contributed by atoms with E-state index >= 15 is 0 Å². The summed E-state index contributed by atoms with van der Waals surface area (Å²) in [4.78, 5) is 36.0. The fourth-order valence-electron chi connectivity index (χ4n) is 2.72. The van der Waals surface area contributed by atoms with Crippen molar-refractivity contribution in [2.45, 2.75) is 0 Å². The first kappa shape index (κ1) is 22.1. The first-order valence-electron chi connectivity index (χ1n) is 9.15. The summed E-state index contributed by atoms with van der Waals surface area (Å²) >= 11 is 5.88. The average Bonchev–Trinajstić information content (AvgIpc) is 3.29. The van der Waals surface area contributed by atoms with Crippen molar-refractivity contribution in [2.24, 2.45) is 0 Å². The van der Waals surface area contributed by atoms with Crippen molar-refractivity contribution >= 4 is 40.8 Å². The molecule has 3 aromatic rings. The third-order valence-electron chi connectivity index (χ3n) is 4.08. The Labute approximate surface area is 183 Å². The lowest BCUT2D eigenvalue weighted by Gasteiger charge is -2.11. The van der Waals surface area contributed by atoms with E-state index in [1.165, 1.54) is 25.3 Å². The van der Waals surface area contributed by atoms with E-state index in [1.54, 1.807) is 30.5 Å². The lowest BCUT2D eigenvalue weighted by atomic mass is 10.1. The summed E-state index contributed by atoms with van der Waals surface area (Å²) in [5.74, 6) is -0.932. The molecular formula is C22H19ClN2O6. The van der Waals surface area contributed by atoms with E-state index in [2.05, 4.69) is 15.4 Å². The summed E-state index contributed by atoms with van der Waals surface area (Å²) in [7, 11) is 1.22. The highest BCUT2D eigenvalue weighted by atomic mass is 35.5. The van der Waals surface area contributed by atoms with Gasteiger partial charge in [-0.05, 0) is 42.5 Å². The van der Waals surface area contributed by atoms with E-state index in [0.717, 1.165) is 5.56 Å². The normalized spacial score (nSPS) is 10.4. The molecule has 2 aromatic carbocycles. The molecule has 0 saturated heterocycles. The molecule has 0 aliphatic rings. The van der Waals surface area contributed by atoms with E-state index in [0.29, 0.717) is 16.5 Å². The zero-order valence-corrected chi connectivity index (χ0v) is 17.3. The molecule has 0 aliphatic carbocycles. The summed E-state index contributed by atoms with van der Waals surface area (Å²) in [5.41, 5.74) is 1.71. The number of benzene rings is 2. The van der Waals surface area contributed by atoms with Crippen LogP contribution in [0.25, 0.3) is 11.3 Å². The Morgan fingerprint density at radius 2 is 1.74 bits per heavy atom. The van der Waals surface area contributed by atoms with E-state index in [1.807, 2.05) is 12.1 Å². The Morgan fingerprint density at radius 1 is 0.968 bits per heavy atom. The van der Waals surface area contributed by atoms with E-state index in [4.69, 9.17) is 20.8 Å². The molecule has 0 bridgehead atoms. The van der Waals surface area contributed by atoms with Gasteiger partial charge in [0.15, 0.2) is 0 Å². The Hall–Kier alpha value is -3.62. The number of anilines is 2. The molecular weight excluding hydrogens is 424 g/mol. The number of amides is 2. The van der Waals surface area contributed by atoms with Crippen molar-refractivity contribution in [3.8, 4) is 11.3 Å². The van der Waals surface area contributed by atoms with Gasteiger partial charge >= 0.3 is 5.97 Å². The summed E-state index contributed by atoms with van der Waals surface area (Å²) < 4.78 is 15.2.